The molecule has 2 N–H and O–H groups in total. The summed E-state index contributed by atoms with van der Waals surface area (Å²) in [6.07, 6.45) is -3.51. The van der Waals surface area contributed by atoms with Crippen LogP contribution in [0.2, 0.25) is 0 Å². The molecule has 1 fully saturated rings. The first-order valence-electron chi connectivity index (χ1n) is 9.18. The second-order valence-electron chi connectivity index (χ2n) is 7.13. The molecular weight excluding hydrogens is 389 g/mol. The number of para-hydroxylation sites is 1. The lowest BCUT2D eigenvalue weighted by Crippen LogP contribution is -3.27. The lowest BCUT2D eigenvalue weighted by molar-refractivity contribution is -1.03. The molecule has 0 radical (unpaired) electrons. The number of piperazine rings is 1. The quantitative estimate of drug-likeness (QED) is 0.655. The Morgan fingerprint density at radius 1 is 1.04 bits per heavy atom. The van der Waals surface area contributed by atoms with E-state index in [0.29, 0.717) is 0 Å². The molecule has 3 aromatic rings. The fraction of sp³-hybridized carbons (Fsp3) is 0.368. The Hall–Kier alpha value is -2.23. The van der Waals surface area contributed by atoms with Crippen molar-refractivity contribution in [1.82, 2.24) is 9.55 Å². The van der Waals surface area contributed by atoms with E-state index in [2.05, 4.69) is 11.1 Å². The molecule has 5 nitrogen and oxygen atoms in total. The van der Waals surface area contributed by atoms with E-state index < -0.39 is 17.3 Å². The van der Waals surface area contributed by atoms with Crippen LogP contribution in [0.25, 0.3) is 10.2 Å². The van der Waals surface area contributed by atoms with Gasteiger partial charge in [0.15, 0.2) is 6.67 Å². The minimum absolute atomic E-state index is 0.261. The smallest absolute Gasteiger partial charge is 0.320 e. The number of nitrogens with one attached hydrogen (secondary N) is 2. The van der Waals surface area contributed by atoms with E-state index in [-0.39, 0.29) is 6.67 Å². The van der Waals surface area contributed by atoms with Crippen LogP contribution in [0.3, 0.4) is 0 Å². The third kappa shape index (κ3) is 4.26. The molecule has 0 bridgehead atoms. The molecule has 0 amide bonds. The first-order chi connectivity index (χ1) is 13.4. The molecule has 4 rings (SSSR count). The van der Waals surface area contributed by atoms with E-state index in [9.17, 15) is 18.0 Å². The number of nitrogens with zero attached hydrogens (tertiary/aromatic N) is 2. The van der Waals surface area contributed by atoms with Gasteiger partial charge in [0.1, 0.15) is 37.7 Å². The molecule has 148 valence electrons. The number of hydrogen-bond donors (Lipinski definition) is 2. The van der Waals surface area contributed by atoms with E-state index in [1.165, 1.54) is 14.2 Å². The van der Waals surface area contributed by atoms with Crippen LogP contribution in [0.5, 0.6) is 0 Å². The number of fused-ring (bicyclic) bond motifs is 1. The number of pyridine rings is 1. The Morgan fingerprint density at radius 2 is 1.75 bits per heavy atom. The highest BCUT2D eigenvalue weighted by molar-refractivity contribution is 7.18. The van der Waals surface area contributed by atoms with Crippen LogP contribution in [-0.2, 0) is 19.4 Å². The molecular formula is C19H21F3N4OS+2. The van der Waals surface area contributed by atoms with Gasteiger partial charge in [-0.1, -0.05) is 12.1 Å². The Kier molecular flexibility index (Phi) is 5.22. The molecule has 0 spiro atoms. The van der Waals surface area contributed by atoms with Crippen LogP contribution >= 0.6 is 11.3 Å². The van der Waals surface area contributed by atoms with Gasteiger partial charge in [0.05, 0.1) is 15.8 Å². The Labute approximate surface area is 163 Å². The maximum Gasteiger partial charge on any atom is 0.417 e. The zero-order chi connectivity index (χ0) is 19.7. The van der Waals surface area contributed by atoms with Crippen molar-refractivity contribution in [3.63, 3.8) is 0 Å². The summed E-state index contributed by atoms with van der Waals surface area (Å²) in [6, 6.07) is 9.91. The van der Waals surface area contributed by atoms with Gasteiger partial charge in [-0.25, -0.2) is 4.98 Å². The van der Waals surface area contributed by atoms with Crippen molar-refractivity contribution >= 4 is 21.6 Å². The summed E-state index contributed by atoms with van der Waals surface area (Å²) in [5, 5.41) is 1.11. The van der Waals surface area contributed by atoms with Crippen LogP contribution in [0.1, 0.15) is 10.6 Å². The van der Waals surface area contributed by atoms with Crippen LogP contribution in [0.4, 0.5) is 13.2 Å². The van der Waals surface area contributed by atoms with Gasteiger partial charge < -0.3 is 9.80 Å². The number of alkyl halides is 3. The van der Waals surface area contributed by atoms with E-state index in [4.69, 9.17) is 0 Å². The predicted molar refractivity (Wildman–Crippen MR) is 100 cm³/mol. The van der Waals surface area contributed by atoms with Gasteiger partial charge in [-0.3, -0.25) is 9.36 Å². The number of hydrogen-bond acceptors (Lipinski definition) is 3. The number of halogens is 3. The van der Waals surface area contributed by atoms with Crippen molar-refractivity contribution in [2.45, 2.75) is 19.4 Å². The molecule has 1 aliphatic rings. The zero-order valence-electron chi connectivity index (χ0n) is 15.1. The molecule has 0 unspecified atom stereocenters. The molecule has 9 heteroatoms. The Morgan fingerprint density at radius 3 is 2.46 bits per heavy atom. The van der Waals surface area contributed by atoms with Crippen molar-refractivity contribution < 1.29 is 23.0 Å². The molecule has 28 heavy (non-hydrogen) atoms. The molecule has 1 saturated heterocycles. The van der Waals surface area contributed by atoms with Crippen molar-refractivity contribution in [2.75, 3.05) is 26.2 Å². The number of benzene rings is 1. The van der Waals surface area contributed by atoms with Gasteiger partial charge in [0.2, 0.25) is 0 Å². The molecule has 0 saturated carbocycles. The maximum absolute atomic E-state index is 12.9. The van der Waals surface area contributed by atoms with Gasteiger partial charge in [-0.15, -0.1) is 11.3 Å². The van der Waals surface area contributed by atoms with E-state index in [1.54, 1.807) is 11.3 Å². The van der Waals surface area contributed by atoms with Gasteiger partial charge in [0, 0.05) is 12.3 Å². The average molecular weight is 410 g/mol. The molecule has 1 aromatic carbocycles. The number of quaternary nitrogens is 2. The summed E-state index contributed by atoms with van der Waals surface area (Å²) in [5.74, 6) is 0. The summed E-state index contributed by atoms with van der Waals surface area (Å²) in [7, 11) is 0. The van der Waals surface area contributed by atoms with Gasteiger partial charge in [-0.05, 0) is 18.2 Å². The zero-order valence-corrected chi connectivity index (χ0v) is 15.9. The van der Waals surface area contributed by atoms with E-state index in [1.807, 2.05) is 18.2 Å². The maximum atomic E-state index is 12.9. The number of aromatic nitrogens is 2. The molecule has 2 aromatic heterocycles. The lowest BCUT2D eigenvalue weighted by atomic mass is 10.3. The van der Waals surface area contributed by atoms with E-state index in [0.717, 1.165) is 66.5 Å². The van der Waals surface area contributed by atoms with Crippen LogP contribution in [-0.4, -0.2) is 35.7 Å². The fourth-order valence-corrected chi connectivity index (χ4v) is 4.60. The van der Waals surface area contributed by atoms with Gasteiger partial charge in [-0.2, -0.15) is 13.2 Å². The van der Waals surface area contributed by atoms with Crippen molar-refractivity contribution in [2.24, 2.45) is 0 Å². The second-order valence-corrected chi connectivity index (χ2v) is 8.25. The molecule has 0 atom stereocenters. The topological polar surface area (TPSA) is 43.8 Å². The predicted octanol–water partition coefficient (Wildman–Crippen LogP) is 0.418. The highest BCUT2D eigenvalue weighted by atomic mass is 32.1. The average Bonchev–Trinajstić information content (AvgIpc) is 3.06. The third-order valence-electron chi connectivity index (χ3n) is 5.11. The van der Waals surface area contributed by atoms with Crippen molar-refractivity contribution in [3.8, 4) is 0 Å². The van der Waals surface area contributed by atoms with Gasteiger partial charge >= 0.3 is 6.18 Å². The standard InChI is InChI=1S/C19H19F3N4OS/c20-19(21,22)14-5-6-18(27)26(11-14)13-25-9-7-24(8-10-25)12-17-23-15-3-1-2-4-16(15)28-17/h1-6,11H,7-10,12-13H2/p+2. The van der Waals surface area contributed by atoms with E-state index >= 15 is 0 Å². The minimum atomic E-state index is -4.44. The summed E-state index contributed by atoms with van der Waals surface area (Å²) >= 11 is 1.71. The minimum Gasteiger partial charge on any atom is -0.320 e. The summed E-state index contributed by atoms with van der Waals surface area (Å²) in [4.78, 5) is 19.1. The molecule has 1 aliphatic heterocycles. The largest absolute Gasteiger partial charge is 0.417 e. The monoisotopic (exact) mass is 410 g/mol. The first-order valence-corrected chi connectivity index (χ1v) is 9.99. The normalized spacial score (nSPS) is 20.5. The number of thiazole rings is 1. The fourth-order valence-electron chi connectivity index (χ4n) is 3.56. The SMILES string of the molecule is O=c1ccc(C(F)(F)F)cn1C[NH+]1CC[NH+](Cc2nc3ccccc3s2)CC1. The van der Waals surface area contributed by atoms with Crippen molar-refractivity contribution in [3.05, 3.63) is 63.5 Å². The van der Waals surface area contributed by atoms with Crippen LogP contribution in [0, 0.1) is 0 Å². The third-order valence-corrected chi connectivity index (χ3v) is 6.14. The highest BCUT2D eigenvalue weighted by Gasteiger charge is 2.31. The lowest BCUT2D eigenvalue weighted by Gasteiger charge is -2.29. The summed E-state index contributed by atoms with van der Waals surface area (Å²) < 4.78 is 41.0. The highest BCUT2D eigenvalue weighted by Crippen LogP contribution is 2.27. The molecule has 3 heterocycles. The summed E-state index contributed by atoms with van der Waals surface area (Å²) in [5.41, 5.74) is -0.161. The first kappa shape index (κ1) is 19.1. The Bertz CT molecular complexity index is 989. The van der Waals surface area contributed by atoms with Crippen LogP contribution < -0.4 is 15.4 Å². The summed E-state index contributed by atoms with van der Waals surface area (Å²) in [6.45, 7) is 4.54. The number of rotatable bonds is 4. The van der Waals surface area contributed by atoms with Crippen LogP contribution in [0.15, 0.2) is 47.4 Å². The molecule has 0 aliphatic carbocycles. The van der Waals surface area contributed by atoms with Crippen molar-refractivity contribution in [1.29, 1.82) is 0 Å². The second kappa shape index (κ2) is 7.65. The van der Waals surface area contributed by atoms with Gasteiger partial charge in [0.25, 0.3) is 5.56 Å². The Balaban J connectivity index is 1.36.